The van der Waals surface area contributed by atoms with Crippen LogP contribution >= 0.6 is 11.6 Å². The van der Waals surface area contributed by atoms with Crippen molar-refractivity contribution < 1.29 is 19.4 Å². The topological polar surface area (TPSA) is 71.0 Å². The lowest BCUT2D eigenvalue weighted by Gasteiger charge is -2.56. The summed E-state index contributed by atoms with van der Waals surface area (Å²) in [6.07, 6.45) is 1.35. The van der Waals surface area contributed by atoms with Gasteiger partial charge in [-0.1, -0.05) is 11.6 Å². The molecule has 2 amide bonds. The first-order valence-electron chi connectivity index (χ1n) is 8.79. The van der Waals surface area contributed by atoms with E-state index in [4.69, 9.17) is 21.1 Å². The van der Waals surface area contributed by atoms with Crippen LogP contribution in [0, 0.1) is 11.8 Å². The number of fused-ring (bicyclic) bond motifs is 3. The van der Waals surface area contributed by atoms with Gasteiger partial charge in [0.1, 0.15) is 0 Å². The molecule has 3 heterocycles. The number of carbonyl (C=O) groups is 1. The normalized spacial score (nSPS) is 34.8. The lowest BCUT2D eigenvalue weighted by Crippen LogP contribution is -2.69. The monoisotopic (exact) mass is 366 g/mol. The Morgan fingerprint density at radius 2 is 2.00 bits per heavy atom. The van der Waals surface area contributed by atoms with Crippen LogP contribution in [0.5, 0.6) is 0 Å². The summed E-state index contributed by atoms with van der Waals surface area (Å²) in [5.74, 6) is -0.153. The van der Waals surface area contributed by atoms with Crippen LogP contribution in [-0.2, 0) is 9.47 Å². The van der Waals surface area contributed by atoms with Crippen molar-refractivity contribution in [1.82, 2.24) is 4.90 Å². The highest BCUT2D eigenvalue weighted by Gasteiger charge is 2.56. The predicted molar refractivity (Wildman–Crippen MR) is 93.8 cm³/mol. The molecule has 1 aromatic carbocycles. The molecule has 3 fully saturated rings. The first-order valence-corrected chi connectivity index (χ1v) is 9.17. The summed E-state index contributed by atoms with van der Waals surface area (Å²) < 4.78 is 11.2. The summed E-state index contributed by atoms with van der Waals surface area (Å²) in [4.78, 5) is 14.8. The number of piperidine rings is 1. The molecule has 7 heteroatoms. The molecule has 6 nitrogen and oxygen atoms in total. The largest absolute Gasteiger partial charge is 0.389 e. The van der Waals surface area contributed by atoms with Gasteiger partial charge >= 0.3 is 6.03 Å². The van der Waals surface area contributed by atoms with Gasteiger partial charge in [0, 0.05) is 54.8 Å². The van der Waals surface area contributed by atoms with Crippen molar-refractivity contribution >= 4 is 23.3 Å². The SMILES string of the molecule is O=C(Nc1ccc(Cl)cc1)N1C[C@H]2COCC[C@@]2(O)[C@@H]2COCC[C@@H]21. The van der Waals surface area contributed by atoms with Crippen LogP contribution in [0.1, 0.15) is 12.8 Å². The molecule has 136 valence electrons. The Morgan fingerprint density at radius 1 is 1.24 bits per heavy atom. The van der Waals surface area contributed by atoms with Crippen molar-refractivity contribution in [3.63, 3.8) is 0 Å². The van der Waals surface area contributed by atoms with Gasteiger partial charge < -0.3 is 24.8 Å². The Kier molecular flexibility index (Phi) is 4.62. The van der Waals surface area contributed by atoms with Crippen molar-refractivity contribution in [2.24, 2.45) is 11.8 Å². The summed E-state index contributed by atoms with van der Waals surface area (Å²) in [6, 6.07) is 6.90. The molecule has 1 aromatic rings. The zero-order chi connectivity index (χ0) is 17.4. The van der Waals surface area contributed by atoms with Crippen molar-refractivity contribution in [1.29, 1.82) is 0 Å². The zero-order valence-electron chi connectivity index (χ0n) is 14.0. The lowest BCUT2D eigenvalue weighted by atomic mass is 9.66. The second kappa shape index (κ2) is 6.76. The number of carbonyl (C=O) groups excluding carboxylic acids is 1. The number of hydrogen-bond donors (Lipinski definition) is 2. The van der Waals surface area contributed by atoms with E-state index < -0.39 is 5.60 Å². The summed E-state index contributed by atoms with van der Waals surface area (Å²) in [5.41, 5.74) is -0.0980. The minimum atomic E-state index is -0.805. The van der Waals surface area contributed by atoms with Gasteiger partial charge in [-0.25, -0.2) is 4.79 Å². The number of ether oxygens (including phenoxy) is 2. The molecule has 0 saturated carbocycles. The highest BCUT2D eigenvalue weighted by Crippen LogP contribution is 2.44. The number of nitrogens with zero attached hydrogens (tertiary/aromatic N) is 1. The van der Waals surface area contributed by atoms with Gasteiger partial charge in [-0.15, -0.1) is 0 Å². The number of hydrogen-bond acceptors (Lipinski definition) is 4. The molecule has 0 spiro atoms. The van der Waals surface area contributed by atoms with E-state index in [1.54, 1.807) is 24.3 Å². The Balaban J connectivity index is 1.55. The number of rotatable bonds is 1. The van der Waals surface area contributed by atoms with Gasteiger partial charge in [0.15, 0.2) is 0 Å². The fourth-order valence-corrected chi connectivity index (χ4v) is 4.55. The fraction of sp³-hybridized carbons (Fsp3) is 0.611. The molecule has 3 aliphatic heterocycles. The minimum absolute atomic E-state index is 0.0135. The Morgan fingerprint density at radius 3 is 2.80 bits per heavy atom. The number of amides is 2. The molecule has 0 bridgehead atoms. The fourth-order valence-electron chi connectivity index (χ4n) is 4.42. The molecule has 2 N–H and O–H groups in total. The number of likely N-dealkylation sites (tertiary alicyclic amines) is 1. The number of aliphatic hydroxyl groups is 1. The maximum absolute atomic E-state index is 12.9. The highest BCUT2D eigenvalue weighted by atomic mass is 35.5. The van der Waals surface area contributed by atoms with Crippen LogP contribution < -0.4 is 5.32 Å². The van der Waals surface area contributed by atoms with Gasteiger partial charge in [0.25, 0.3) is 0 Å². The van der Waals surface area contributed by atoms with Crippen LogP contribution in [0.25, 0.3) is 0 Å². The standard InChI is InChI=1S/C18H23ClN2O4/c19-13-1-3-14(4-2-13)20-17(22)21-9-12-10-25-8-6-18(12,23)15-11-24-7-5-16(15)21/h1-4,12,15-16,23H,5-11H2,(H,20,22)/t12-,15+,16-,18-/m0/s1. The number of urea groups is 1. The number of halogens is 1. The molecule has 0 aromatic heterocycles. The van der Waals surface area contributed by atoms with E-state index in [0.717, 1.165) is 6.42 Å². The summed E-state index contributed by atoms with van der Waals surface area (Å²) in [7, 11) is 0. The third-order valence-electron chi connectivity index (χ3n) is 5.81. The maximum atomic E-state index is 12.9. The molecule has 4 atom stereocenters. The molecular formula is C18H23ClN2O4. The van der Waals surface area contributed by atoms with E-state index in [9.17, 15) is 9.90 Å². The molecule has 25 heavy (non-hydrogen) atoms. The summed E-state index contributed by atoms with van der Waals surface area (Å²) >= 11 is 5.90. The minimum Gasteiger partial charge on any atom is -0.389 e. The number of nitrogens with one attached hydrogen (secondary N) is 1. The third kappa shape index (κ3) is 3.12. The molecule has 0 radical (unpaired) electrons. The first-order chi connectivity index (χ1) is 12.1. The Labute approximate surface area is 152 Å². The Hall–Kier alpha value is -1.34. The first kappa shape index (κ1) is 17.1. The second-order valence-electron chi connectivity index (χ2n) is 7.14. The molecule has 3 aliphatic rings. The molecule has 4 rings (SSSR count). The van der Waals surface area contributed by atoms with E-state index in [2.05, 4.69) is 5.32 Å². The van der Waals surface area contributed by atoms with Crippen molar-refractivity contribution in [2.75, 3.05) is 38.3 Å². The molecule has 0 aliphatic carbocycles. The Bertz CT molecular complexity index is 640. The molecule has 3 saturated heterocycles. The summed E-state index contributed by atoms with van der Waals surface area (Å²) in [5, 5.41) is 14.8. The van der Waals surface area contributed by atoms with Crippen LogP contribution in [0.15, 0.2) is 24.3 Å². The van der Waals surface area contributed by atoms with Crippen LogP contribution in [0.2, 0.25) is 5.02 Å². The van der Waals surface area contributed by atoms with Gasteiger partial charge in [-0.3, -0.25) is 0 Å². The van der Waals surface area contributed by atoms with Crippen molar-refractivity contribution in [3.05, 3.63) is 29.3 Å². The maximum Gasteiger partial charge on any atom is 0.322 e. The van der Waals surface area contributed by atoms with Gasteiger partial charge in [0.2, 0.25) is 0 Å². The van der Waals surface area contributed by atoms with Crippen molar-refractivity contribution in [2.45, 2.75) is 24.5 Å². The average Bonchev–Trinajstić information content (AvgIpc) is 2.63. The van der Waals surface area contributed by atoms with E-state index in [0.29, 0.717) is 50.1 Å². The van der Waals surface area contributed by atoms with E-state index in [1.165, 1.54) is 0 Å². The van der Waals surface area contributed by atoms with Crippen molar-refractivity contribution in [3.8, 4) is 0 Å². The lowest BCUT2D eigenvalue weighted by molar-refractivity contribution is -0.211. The zero-order valence-corrected chi connectivity index (χ0v) is 14.7. The van der Waals surface area contributed by atoms with Gasteiger partial charge in [-0.05, 0) is 30.7 Å². The van der Waals surface area contributed by atoms with Crippen LogP contribution in [0.3, 0.4) is 0 Å². The predicted octanol–water partition coefficient (Wildman–Crippen LogP) is 2.36. The summed E-state index contributed by atoms with van der Waals surface area (Å²) in [6.45, 7) is 2.64. The van der Waals surface area contributed by atoms with E-state index in [1.807, 2.05) is 4.90 Å². The second-order valence-corrected chi connectivity index (χ2v) is 7.58. The molecular weight excluding hydrogens is 344 g/mol. The van der Waals surface area contributed by atoms with Gasteiger partial charge in [-0.2, -0.15) is 0 Å². The highest BCUT2D eigenvalue weighted by molar-refractivity contribution is 6.30. The number of anilines is 1. The number of benzene rings is 1. The average molecular weight is 367 g/mol. The van der Waals surface area contributed by atoms with Crippen LogP contribution in [-0.4, -0.2) is 60.7 Å². The molecule has 0 unspecified atom stereocenters. The third-order valence-corrected chi connectivity index (χ3v) is 6.06. The smallest absolute Gasteiger partial charge is 0.322 e. The van der Waals surface area contributed by atoms with Crippen LogP contribution in [0.4, 0.5) is 10.5 Å². The quantitative estimate of drug-likeness (QED) is 0.800. The van der Waals surface area contributed by atoms with E-state index in [-0.39, 0.29) is 23.9 Å². The van der Waals surface area contributed by atoms with E-state index >= 15 is 0 Å². The van der Waals surface area contributed by atoms with Gasteiger partial charge in [0.05, 0.1) is 18.8 Å².